The predicted octanol–water partition coefficient (Wildman–Crippen LogP) is 0.971. The summed E-state index contributed by atoms with van der Waals surface area (Å²) in [4.78, 5) is 24.9. The van der Waals surface area contributed by atoms with Crippen molar-refractivity contribution in [3.63, 3.8) is 0 Å². The molecule has 0 bridgehead atoms. The summed E-state index contributed by atoms with van der Waals surface area (Å²) in [5.41, 5.74) is 5.50. The number of hydrogen-bond acceptors (Lipinski definition) is 3. The zero-order valence-corrected chi connectivity index (χ0v) is 10.7. The third kappa shape index (κ3) is 2.83. The van der Waals surface area contributed by atoms with Crippen LogP contribution in [0.4, 0.5) is 0 Å². The monoisotopic (exact) mass is 254 g/mol. The Balaban J connectivity index is 1.95. The van der Waals surface area contributed by atoms with Crippen molar-refractivity contribution in [1.29, 1.82) is 0 Å². The SMILES string of the molecule is NC1(C(=O)N2CCCC(CC(=O)O)C2)CCCC1. The zero-order valence-electron chi connectivity index (χ0n) is 10.7. The number of aliphatic carboxylic acids is 1. The van der Waals surface area contributed by atoms with E-state index < -0.39 is 11.5 Å². The van der Waals surface area contributed by atoms with Gasteiger partial charge in [-0.1, -0.05) is 12.8 Å². The largest absolute Gasteiger partial charge is 0.481 e. The minimum absolute atomic E-state index is 0.0371. The van der Waals surface area contributed by atoms with E-state index in [0.717, 1.165) is 45.1 Å². The second-order valence-electron chi connectivity index (χ2n) is 5.72. The molecule has 3 N–H and O–H groups in total. The average Bonchev–Trinajstić information content (AvgIpc) is 2.76. The number of nitrogens with zero attached hydrogens (tertiary/aromatic N) is 1. The van der Waals surface area contributed by atoms with Gasteiger partial charge in [0.15, 0.2) is 0 Å². The summed E-state index contributed by atoms with van der Waals surface area (Å²) in [6, 6.07) is 0. The Morgan fingerprint density at radius 3 is 2.56 bits per heavy atom. The van der Waals surface area contributed by atoms with E-state index in [9.17, 15) is 9.59 Å². The van der Waals surface area contributed by atoms with E-state index in [1.54, 1.807) is 4.90 Å². The zero-order chi connectivity index (χ0) is 13.2. The third-order valence-corrected chi connectivity index (χ3v) is 4.19. The summed E-state index contributed by atoms with van der Waals surface area (Å²) in [6.07, 6.45) is 5.52. The van der Waals surface area contributed by atoms with Crippen LogP contribution in [0, 0.1) is 5.92 Å². The number of hydrogen-bond donors (Lipinski definition) is 2. The second-order valence-corrected chi connectivity index (χ2v) is 5.72. The molecule has 0 radical (unpaired) electrons. The van der Waals surface area contributed by atoms with Crippen LogP contribution in [0.3, 0.4) is 0 Å². The first-order valence-corrected chi connectivity index (χ1v) is 6.81. The summed E-state index contributed by atoms with van der Waals surface area (Å²) in [7, 11) is 0. The lowest BCUT2D eigenvalue weighted by molar-refractivity contribution is -0.142. The number of carboxylic acid groups (broad SMARTS) is 1. The van der Waals surface area contributed by atoms with Crippen molar-refractivity contribution in [1.82, 2.24) is 4.90 Å². The number of carbonyl (C=O) groups is 2. The van der Waals surface area contributed by atoms with E-state index in [1.807, 2.05) is 0 Å². The molecule has 1 saturated heterocycles. The van der Waals surface area contributed by atoms with Gasteiger partial charge in [0.25, 0.3) is 0 Å². The van der Waals surface area contributed by atoms with Crippen LogP contribution in [0.1, 0.15) is 44.9 Å². The van der Waals surface area contributed by atoms with E-state index in [1.165, 1.54) is 0 Å². The summed E-state index contributed by atoms with van der Waals surface area (Å²) in [6.45, 7) is 1.29. The number of likely N-dealkylation sites (tertiary alicyclic amines) is 1. The molecule has 1 amide bonds. The molecule has 0 spiro atoms. The molecule has 2 fully saturated rings. The van der Waals surface area contributed by atoms with E-state index in [4.69, 9.17) is 10.8 Å². The fourth-order valence-corrected chi connectivity index (χ4v) is 3.20. The van der Waals surface area contributed by atoms with Crippen molar-refractivity contribution in [3.8, 4) is 0 Å². The molecule has 1 saturated carbocycles. The molecule has 1 heterocycles. The number of carboxylic acids is 1. The van der Waals surface area contributed by atoms with Gasteiger partial charge in [-0.05, 0) is 31.6 Å². The quantitative estimate of drug-likeness (QED) is 0.786. The standard InChI is InChI=1S/C13H22N2O3/c14-13(5-1-2-6-13)12(18)15-7-3-4-10(9-15)8-11(16)17/h10H,1-9,14H2,(H,16,17). The summed E-state index contributed by atoms with van der Waals surface area (Å²) in [5.74, 6) is -0.655. The molecular formula is C13H22N2O3. The molecule has 5 nitrogen and oxygen atoms in total. The lowest BCUT2D eigenvalue weighted by Crippen LogP contribution is -2.55. The topological polar surface area (TPSA) is 83.6 Å². The van der Waals surface area contributed by atoms with Crippen LogP contribution in [0.5, 0.6) is 0 Å². The Morgan fingerprint density at radius 1 is 1.28 bits per heavy atom. The highest BCUT2D eigenvalue weighted by Crippen LogP contribution is 2.31. The Morgan fingerprint density at radius 2 is 1.94 bits per heavy atom. The summed E-state index contributed by atoms with van der Waals surface area (Å²) < 4.78 is 0. The highest BCUT2D eigenvalue weighted by Gasteiger charge is 2.41. The van der Waals surface area contributed by atoms with Crippen LogP contribution in [0.25, 0.3) is 0 Å². The minimum Gasteiger partial charge on any atom is -0.481 e. The number of rotatable bonds is 3. The maximum Gasteiger partial charge on any atom is 0.303 e. The molecule has 1 atom stereocenters. The number of amides is 1. The van der Waals surface area contributed by atoms with E-state index in [0.29, 0.717) is 6.54 Å². The van der Waals surface area contributed by atoms with Gasteiger partial charge in [-0.15, -0.1) is 0 Å². The van der Waals surface area contributed by atoms with Gasteiger partial charge in [0.1, 0.15) is 0 Å². The normalized spacial score (nSPS) is 27.2. The Labute approximate surface area is 107 Å². The average molecular weight is 254 g/mol. The van der Waals surface area contributed by atoms with Gasteiger partial charge in [0, 0.05) is 19.5 Å². The molecular weight excluding hydrogens is 232 g/mol. The molecule has 18 heavy (non-hydrogen) atoms. The molecule has 0 aromatic carbocycles. The van der Waals surface area contributed by atoms with Gasteiger partial charge in [-0.2, -0.15) is 0 Å². The molecule has 5 heteroatoms. The van der Waals surface area contributed by atoms with Gasteiger partial charge in [-0.25, -0.2) is 0 Å². The Kier molecular flexibility index (Phi) is 3.90. The van der Waals surface area contributed by atoms with Crippen LogP contribution in [0.2, 0.25) is 0 Å². The molecule has 1 unspecified atom stereocenters. The second kappa shape index (κ2) is 5.26. The van der Waals surface area contributed by atoms with Crippen LogP contribution < -0.4 is 5.73 Å². The fourth-order valence-electron chi connectivity index (χ4n) is 3.20. The van der Waals surface area contributed by atoms with E-state index in [2.05, 4.69) is 0 Å². The van der Waals surface area contributed by atoms with E-state index >= 15 is 0 Å². The fraction of sp³-hybridized carbons (Fsp3) is 0.846. The number of nitrogens with two attached hydrogens (primary N) is 1. The summed E-state index contributed by atoms with van der Waals surface area (Å²) >= 11 is 0. The van der Waals surface area contributed by atoms with Crippen LogP contribution in [-0.2, 0) is 9.59 Å². The van der Waals surface area contributed by atoms with Gasteiger partial charge in [-0.3, -0.25) is 9.59 Å². The van der Waals surface area contributed by atoms with Crippen molar-refractivity contribution in [2.45, 2.75) is 50.5 Å². The molecule has 2 rings (SSSR count). The lowest BCUT2D eigenvalue weighted by Gasteiger charge is -2.37. The van der Waals surface area contributed by atoms with Crippen molar-refractivity contribution >= 4 is 11.9 Å². The van der Waals surface area contributed by atoms with Crippen LogP contribution >= 0.6 is 0 Å². The maximum absolute atomic E-state index is 12.4. The van der Waals surface area contributed by atoms with Crippen molar-refractivity contribution in [2.24, 2.45) is 11.7 Å². The van der Waals surface area contributed by atoms with Gasteiger partial charge < -0.3 is 15.7 Å². The molecule has 2 aliphatic rings. The van der Waals surface area contributed by atoms with E-state index in [-0.39, 0.29) is 18.2 Å². The first kappa shape index (κ1) is 13.3. The Bertz CT molecular complexity index is 337. The molecule has 1 aliphatic heterocycles. The number of carbonyl (C=O) groups excluding carboxylic acids is 1. The smallest absolute Gasteiger partial charge is 0.303 e. The first-order chi connectivity index (χ1) is 8.51. The van der Waals surface area contributed by atoms with Crippen LogP contribution in [-0.4, -0.2) is 40.5 Å². The Hall–Kier alpha value is -1.10. The predicted molar refractivity (Wildman–Crippen MR) is 66.9 cm³/mol. The van der Waals surface area contributed by atoms with Gasteiger partial charge in [0.05, 0.1) is 5.54 Å². The number of piperidine rings is 1. The minimum atomic E-state index is -0.780. The van der Waals surface area contributed by atoms with Crippen LogP contribution in [0.15, 0.2) is 0 Å². The maximum atomic E-state index is 12.4. The van der Waals surface area contributed by atoms with Crippen molar-refractivity contribution < 1.29 is 14.7 Å². The lowest BCUT2D eigenvalue weighted by atomic mass is 9.91. The first-order valence-electron chi connectivity index (χ1n) is 6.81. The van der Waals surface area contributed by atoms with Gasteiger partial charge >= 0.3 is 5.97 Å². The highest BCUT2D eigenvalue weighted by molar-refractivity contribution is 5.86. The molecule has 102 valence electrons. The molecule has 1 aliphatic carbocycles. The van der Waals surface area contributed by atoms with Crippen molar-refractivity contribution in [2.75, 3.05) is 13.1 Å². The van der Waals surface area contributed by atoms with Crippen molar-refractivity contribution in [3.05, 3.63) is 0 Å². The third-order valence-electron chi connectivity index (χ3n) is 4.19. The molecule has 0 aromatic heterocycles. The molecule has 0 aromatic rings. The highest BCUT2D eigenvalue weighted by atomic mass is 16.4. The summed E-state index contributed by atoms with van der Waals surface area (Å²) in [5, 5.41) is 8.82. The van der Waals surface area contributed by atoms with Gasteiger partial charge in [0.2, 0.25) is 5.91 Å².